The average molecular weight is 249 g/mol. The lowest BCUT2D eigenvalue weighted by Crippen LogP contribution is -2.27. The van der Waals surface area contributed by atoms with E-state index in [2.05, 4.69) is 26.1 Å². The van der Waals surface area contributed by atoms with Gasteiger partial charge in [-0.1, -0.05) is 20.8 Å². The van der Waals surface area contributed by atoms with Gasteiger partial charge in [0.1, 0.15) is 0 Å². The van der Waals surface area contributed by atoms with E-state index in [-0.39, 0.29) is 5.25 Å². The molecule has 0 saturated heterocycles. The summed E-state index contributed by atoms with van der Waals surface area (Å²) in [6.45, 7) is 11.8. The summed E-state index contributed by atoms with van der Waals surface area (Å²) in [5.41, 5.74) is 0. The molecule has 1 unspecified atom stereocenters. The molecule has 98 valence electrons. The first-order valence-corrected chi connectivity index (χ1v) is 7.89. The molecule has 1 atom stereocenters. The first-order chi connectivity index (χ1) is 7.25. The molecule has 4 heteroatoms. The van der Waals surface area contributed by atoms with Crippen molar-refractivity contribution in [2.45, 2.75) is 46.3 Å². The number of nitrogens with one attached hydrogen (secondary N) is 1. The molecule has 0 aliphatic rings. The Bertz CT molecular complexity index is 271. The van der Waals surface area contributed by atoms with Gasteiger partial charge in [-0.3, -0.25) is 0 Å². The van der Waals surface area contributed by atoms with E-state index >= 15 is 0 Å². The van der Waals surface area contributed by atoms with Gasteiger partial charge >= 0.3 is 0 Å². The minimum absolute atomic E-state index is 0.247. The SMILES string of the molecule is CC(C)CNCC(C)CCS(=O)(=O)C(C)C. The molecule has 3 nitrogen and oxygen atoms in total. The second-order valence-corrected chi connectivity index (χ2v) is 8.04. The van der Waals surface area contributed by atoms with Crippen molar-refractivity contribution in [3.8, 4) is 0 Å². The molecule has 0 aromatic rings. The molecule has 0 fully saturated rings. The molecule has 0 radical (unpaired) electrons. The Balaban J connectivity index is 3.78. The highest BCUT2D eigenvalue weighted by Gasteiger charge is 2.17. The maximum atomic E-state index is 11.6. The Kier molecular flexibility index (Phi) is 7.24. The molecular formula is C12H27NO2S. The van der Waals surface area contributed by atoms with E-state index in [0.29, 0.717) is 17.6 Å². The Morgan fingerprint density at radius 2 is 1.56 bits per heavy atom. The maximum Gasteiger partial charge on any atom is 0.152 e. The zero-order valence-electron chi connectivity index (χ0n) is 11.3. The van der Waals surface area contributed by atoms with Crippen LogP contribution in [-0.4, -0.2) is 32.5 Å². The van der Waals surface area contributed by atoms with Crippen molar-refractivity contribution in [3.05, 3.63) is 0 Å². The number of rotatable bonds is 8. The number of hydrogen-bond acceptors (Lipinski definition) is 3. The zero-order valence-corrected chi connectivity index (χ0v) is 12.1. The number of sulfone groups is 1. The first-order valence-electron chi connectivity index (χ1n) is 6.18. The van der Waals surface area contributed by atoms with Crippen molar-refractivity contribution in [3.63, 3.8) is 0 Å². The Morgan fingerprint density at radius 3 is 2.00 bits per heavy atom. The van der Waals surface area contributed by atoms with Gasteiger partial charge < -0.3 is 5.32 Å². The molecule has 0 aromatic carbocycles. The molecule has 0 aliphatic heterocycles. The van der Waals surface area contributed by atoms with Crippen LogP contribution in [0.3, 0.4) is 0 Å². The van der Waals surface area contributed by atoms with Gasteiger partial charge in [0, 0.05) is 0 Å². The topological polar surface area (TPSA) is 46.2 Å². The summed E-state index contributed by atoms with van der Waals surface area (Å²) in [5.74, 6) is 1.38. The highest BCUT2D eigenvalue weighted by Crippen LogP contribution is 2.08. The molecule has 0 spiro atoms. The Hall–Kier alpha value is -0.0900. The summed E-state index contributed by atoms with van der Waals surface area (Å²) in [4.78, 5) is 0. The van der Waals surface area contributed by atoms with E-state index in [0.717, 1.165) is 19.5 Å². The van der Waals surface area contributed by atoms with Crippen LogP contribution in [-0.2, 0) is 9.84 Å². The summed E-state index contributed by atoms with van der Waals surface area (Å²) >= 11 is 0. The van der Waals surface area contributed by atoms with Gasteiger partial charge in [-0.2, -0.15) is 0 Å². The van der Waals surface area contributed by atoms with E-state index in [9.17, 15) is 8.42 Å². The van der Waals surface area contributed by atoms with Crippen LogP contribution in [0.1, 0.15) is 41.0 Å². The van der Waals surface area contributed by atoms with E-state index in [4.69, 9.17) is 0 Å². The summed E-state index contributed by atoms with van der Waals surface area (Å²) in [5, 5.41) is 3.11. The largest absolute Gasteiger partial charge is 0.316 e. The lowest BCUT2D eigenvalue weighted by molar-refractivity contribution is 0.464. The molecular weight excluding hydrogens is 222 g/mol. The van der Waals surface area contributed by atoms with Crippen molar-refractivity contribution in [1.82, 2.24) is 5.32 Å². The van der Waals surface area contributed by atoms with Crippen LogP contribution in [0, 0.1) is 11.8 Å². The fourth-order valence-corrected chi connectivity index (χ4v) is 2.52. The zero-order chi connectivity index (χ0) is 12.8. The van der Waals surface area contributed by atoms with Crippen molar-refractivity contribution >= 4 is 9.84 Å². The second-order valence-electron chi connectivity index (χ2n) is 5.36. The van der Waals surface area contributed by atoms with Crippen molar-refractivity contribution < 1.29 is 8.42 Å². The van der Waals surface area contributed by atoms with E-state index in [1.165, 1.54) is 0 Å². The van der Waals surface area contributed by atoms with Gasteiger partial charge in [-0.15, -0.1) is 0 Å². The Morgan fingerprint density at radius 1 is 1.00 bits per heavy atom. The third kappa shape index (κ3) is 7.23. The van der Waals surface area contributed by atoms with Crippen LogP contribution < -0.4 is 5.32 Å². The van der Waals surface area contributed by atoms with Crippen molar-refractivity contribution in [2.75, 3.05) is 18.8 Å². The van der Waals surface area contributed by atoms with Crippen LogP contribution in [0.2, 0.25) is 0 Å². The predicted molar refractivity (Wildman–Crippen MR) is 70.4 cm³/mol. The van der Waals surface area contributed by atoms with E-state index in [1.807, 2.05) is 0 Å². The van der Waals surface area contributed by atoms with Crippen molar-refractivity contribution in [1.29, 1.82) is 0 Å². The van der Waals surface area contributed by atoms with Crippen LogP contribution in [0.4, 0.5) is 0 Å². The first kappa shape index (κ1) is 15.9. The van der Waals surface area contributed by atoms with Crippen LogP contribution >= 0.6 is 0 Å². The fourth-order valence-electron chi connectivity index (χ4n) is 1.32. The van der Waals surface area contributed by atoms with E-state index in [1.54, 1.807) is 13.8 Å². The summed E-state index contributed by atoms with van der Waals surface area (Å²) in [6, 6.07) is 0. The lowest BCUT2D eigenvalue weighted by Gasteiger charge is -2.15. The van der Waals surface area contributed by atoms with Crippen LogP contribution in [0.5, 0.6) is 0 Å². The maximum absolute atomic E-state index is 11.6. The molecule has 1 N–H and O–H groups in total. The van der Waals surface area contributed by atoms with Crippen molar-refractivity contribution in [2.24, 2.45) is 11.8 Å². The quantitative estimate of drug-likeness (QED) is 0.716. The predicted octanol–water partition coefficient (Wildman–Crippen LogP) is 2.08. The average Bonchev–Trinajstić information content (AvgIpc) is 2.14. The third-order valence-electron chi connectivity index (χ3n) is 2.66. The van der Waals surface area contributed by atoms with Gasteiger partial charge in [-0.05, 0) is 45.2 Å². The van der Waals surface area contributed by atoms with Crippen LogP contribution in [0.15, 0.2) is 0 Å². The normalized spacial score (nSPS) is 14.7. The minimum Gasteiger partial charge on any atom is -0.316 e. The molecule has 0 heterocycles. The highest BCUT2D eigenvalue weighted by molar-refractivity contribution is 7.91. The molecule has 0 aliphatic carbocycles. The number of hydrogen-bond donors (Lipinski definition) is 1. The molecule has 16 heavy (non-hydrogen) atoms. The smallest absolute Gasteiger partial charge is 0.152 e. The van der Waals surface area contributed by atoms with Gasteiger partial charge in [0.25, 0.3) is 0 Å². The van der Waals surface area contributed by atoms with Gasteiger partial charge in [0.05, 0.1) is 11.0 Å². The molecule has 0 bridgehead atoms. The summed E-state index contributed by atoms with van der Waals surface area (Å²) in [7, 11) is -2.86. The molecule has 0 amide bonds. The standard InChI is InChI=1S/C12H27NO2S/c1-10(2)8-13-9-12(5)6-7-16(14,15)11(3)4/h10-13H,6-9H2,1-5H3. The molecule has 0 saturated carbocycles. The van der Waals surface area contributed by atoms with Gasteiger partial charge in [0.15, 0.2) is 9.84 Å². The van der Waals surface area contributed by atoms with Crippen LogP contribution in [0.25, 0.3) is 0 Å². The second kappa shape index (κ2) is 7.28. The minimum atomic E-state index is -2.86. The highest BCUT2D eigenvalue weighted by atomic mass is 32.2. The third-order valence-corrected chi connectivity index (χ3v) is 4.90. The summed E-state index contributed by atoms with van der Waals surface area (Å²) < 4.78 is 23.2. The fraction of sp³-hybridized carbons (Fsp3) is 1.00. The molecule has 0 aromatic heterocycles. The van der Waals surface area contributed by atoms with E-state index < -0.39 is 9.84 Å². The Labute approximate surface area is 101 Å². The molecule has 0 rings (SSSR count). The van der Waals surface area contributed by atoms with Gasteiger partial charge in [0.2, 0.25) is 0 Å². The van der Waals surface area contributed by atoms with Gasteiger partial charge in [-0.25, -0.2) is 8.42 Å². The lowest BCUT2D eigenvalue weighted by atomic mass is 10.1. The summed E-state index contributed by atoms with van der Waals surface area (Å²) in [6.07, 6.45) is 0.756. The monoisotopic (exact) mass is 249 g/mol.